The van der Waals surface area contributed by atoms with Crippen molar-refractivity contribution in [3.8, 4) is 0 Å². The highest BCUT2D eigenvalue weighted by Crippen LogP contribution is 2.14. The predicted octanol–water partition coefficient (Wildman–Crippen LogP) is 1.01. The van der Waals surface area contributed by atoms with Crippen molar-refractivity contribution in [2.24, 2.45) is 0 Å². The summed E-state index contributed by atoms with van der Waals surface area (Å²) in [6.45, 7) is 8.26. The molecule has 1 aliphatic heterocycles. The molecule has 1 saturated heterocycles. The molecule has 94 valence electrons. The third kappa shape index (κ3) is 3.19. The van der Waals surface area contributed by atoms with Crippen LogP contribution >= 0.6 is 0 Å². The molecule has 1 atom stereocenters. The Morgan fingerprint density at radius 3 is 2.69 bits per heavy atom. The average Bonchev–Trinajstić information content (AvgIpc) is 2.77. The molecule has 1 fully saturated rings. The average molecular weight is 228 g/mol. The molecule has 1 aliphatic rings. The van der Waals surface area contributed by atoms with Gasteiger partial charge >= 0.3 is 0 Å². The standard InChI is InChI=1S/C12H24N2O2/c1-5-14(9-10-7-6-8-13-10)11(15)12(2,3)16-4/h10,13H,5-9H2,1-4H3. The molecule has 0 saturated carbocycles. The first kappa shape index (κ1) is 13.5. The number of methoxy groups -OCH3 is 1. The highest BCUT2D eigenvalue weighted by molar-refractivity contribution is 5.84. The van der Waals surface area contributed by atoms with Gasteiger partial charge in [0.05, 0.1) is 0 Å². The molecule has 1 amide bonds. The van der Waals surface area contributed by atoms with E-state index in [-0.39, 0.29) is 5.91 Å². The normalized spacial score (nSPS) is 21.1. The van der Waals surface area contributed by atoms with E-state index in [1.165, 1.54) is 6.42 Å². The topological polar surface area (TPSA) is 41.6 Å². The van der Waals surface area contributed by atoms with Gasteiger partial charge in [-0.15, -0.1) is 0 Å². The van der Waals surface area contributed by atoms with E-state index in [4.69, 9.17) is 4.74 Å². The van der Waals surface area contributed by atoms with Crippen LogP contribution in [-0.2, 0) is 9.53 Å². The SMILES string of the molecule is CCN(CC1CCCN1)C(=O)C(C)(C)OC. The van der Waals surface area contributed by atoms with Gasteiger partial charge in [-0.25, -0.2) is 0 Å². The molecule has 0 bridgehead atoms. The maximum Gasteiger partial charge on any atom is 0.254 e. The number of rotatable bonds is 5. The summed E-state index contributed by atoms with van der Waals surface area (Å²) in [5.74, 6) is 0.0752. The summed E-state index contributed by atoms with van der Waals surface area (Å²) in [4.78, 5) is 14.1. The largest absolute Gasteiger partial charge is 0.369 e. The summed E-state index contributed by atoms with van der Waals surface area (Å²) < 4.78 is 5.24. The van der Waals surface area contributed by atoms with Crippen LogP contribution in [0.3, 0.4) is 0 Å². The van der Waals surface area contributed by atoms with Gasteiger partial charge in [0, 0.05) is 26.2 Å². The van der Waals surface area contributed by atoms with Crippen LogP contribution in [-0.4, -0.2) is 49.2 Å². The predicted molar refractivity (Wildman–Crippen MR) is 64.4 cm³/mol. The molecule has 1 heterocycles. The smallest absolute Gasteiger partial charge is 0.254 e. The van der Waals surface area contributed by atoms with Crippen LogP contribution in [0.5, 0.6) is 0 Å². The number of carbonyl (C=O) groups excluding carboxylic acids is 1. The van der Waals surface area contributed by atoms with E-state index in [1.54, 1.807) is 7.11 Å². The molecule has 4 nitrogen and oxygen atoms in total. The fraction of sp³-hybridized carbons (Fsp3) is 0.917. The molecular formula is C12H24N2O2. The monoisotopic (exact) mass is 228 g/mol. The van der Waals surface area contributed by atoms with Crippen molar-refractivity contribution in [2.45, 2.75) is 45.3 Å². The number of nitrogens with zero attached hydrogens (tertiary/aromatic N) is 1. The minimum Gasteiger partial charge on any atom is -0.369 e. The maximum absolute atomic E-state index is 12.2. The first-order valence-electron chi connectivity index (χ1n) is 6.09. The van der Waals surface area contributed by atoms with Crippen LogP contribution in [0.1, 0.15) is 33.6 Å². The van der Waals surface area contributed by atoms with Crippen molar-refractivity contribution in [1.29, 1.82) is 0 Å². The fourth-order valence-corrected chi connectivity index (χ4v) is 2.00. The Bertz CT molecular complexity index is 235. The molecule has 1 N–H and O–H groups in total. The van der Waals surface area contributed by atoms with Crippen molar-refractivity contribution in [3.63, 3.8) is 0 Å². The van der Waals surface area contributed by atoms with Crippen molar-refractivity contribution < 1.29 is 9.53 Å². The summed E-state index contributed by atoms with van der Waals surface area (Å²) in [6, 6.07) is 0.455. The second kappa shape index (κ2) is 5.64. The molecule has 1 rings (SSSR count). The Hall–Kier alpha value is -0.610. The highest BCUT2D eigenvalue weighted by atomic mass is 16.5. The quantitative estimate of drug-likeness (QED) is 0.763. The molecule has 0 aromatic heterocycles. The van der Waals surface area contributed by atoms with Gasteiger partial charge in [0.15, 0.2) is 0 Å². The molecule has 0 radical (unpaired) electrons. The number of hydrogen-bond donors (Lipinski definition) is 1. The Morgan fingerprint density at radius 1 is 1.56 bits per heavy atom. The Kier molecular flexibility index (Phi) is 4.74. The van der Waals surface area contributed by atoms with E-state index in [2.05, 4.69) is 5.32 Å². The number of ether oxygens (including phenoxy) is 1. The number of likely N-dealkylation sites (N-methyl/N-ethyl adjacent to an activating group) is 1. The lowest BCUT2D eigenvalue weighted by Crippen LogP contribution is -2.50. The number of carbonyl (C=O) groups is 1. The van der Waals surface area contributed by atoms with Crippen LogP contribution in [0.4, 0.5) is 0 Å². The van der Waals surface area contributed by atoms with Gasteiger partial charge in [-0.3, -0.25) is 4.79 Å². The third-order valence-corrected chi connectivity index (χ3v) is 3.30. The molecule has 0 aromatic rings. The molecule has 1 unspecified atom stereocenters. The van der Waals surface area contributed by atoms with Crippen LogP contribution in [0.15, 0.2) is 0 Å². The molecule has 0 aliphatic carbocycles. The van der Waals surface area contributed by atoms with E-state index >= 15 is 0 Å². The molecule has 0 spiro atoms. The van der Waals surface area contributed by atoms with E-state index in [0.717, 1.165) is 26.1 Å². The van der Waals surface area contributed by atoms with Gasteiger partial charge in [0.25, 0.3) is 5.91 Å². The third-order valence-electron chi connectivity index (χ3n) is 3.30. The van der Waals surface area contributed by atoms with Gasteiger partial charge in [0.2, 0.25) is 0 Å². The summed E-state index contributed by atoms with van der Waals surface area (Å²) >= 11 is 0. The van der Waals surface area contributed by atoms with Gasteiger partial charge in [0.1, 0.15) is 5.60 Å². The fourth-order valence-electron chi connectivity index (χ4n) is 2.00. The number of nitrogens with one attached hydrogen (secondary N) is 1. The summed E-state index contributed by atoms with van der Waals surface area (Å²) in [5.41, 5.74) is -0.714. The molecular weight excluding hydrogens is 204 g/mol. The summed E-state index contributed by atoms with van der Waals surface area (Å²) in [7, 11) is 1.58. The zero-order chi connectivity index (χ0) is 12.2. The van der Waals surface area contributed by atoms with Crippen molar-refractivity contribution in [3.05, 3.63) is 0 Å². The Morgan fingerprint density at radius 2 is 2.25 bits per heavy atom. The van der Waals surface area contributed by atoms with E-state index in [0.29, 0.717) is 6.04 Å². The summed E-state index contributed by atoms with van der Waals surface area (Å²) in [5, 5.41) is 3.41. The second-order valence-electron chi connectivity index (χ2n) is 4.85. The highest BCUT2D eigenvalue weighted by Gasteiger charge is 2.32. The molecule has 16 heavy (non-hydrogen) atoms. The second-order valence-corrected chi connectivity index (χ2v) is 4.85. The van der Waals surface area contributed by atoms with Crippen molar-refractivity contribution in [2.75, 3.05) is 26.7 Å². The zero-order valence-corrected chi connectivity index (χ0v) is 10.9. The first-order valence-corrected chi connectivity index (χ1v) is 6.09. The molecule has 4 heteroatoms. The molecule has 0 aromatic carbocycles. The minimum absolute atomic E-state index is 0.0752. The zero-order valence-electron chi connectivity index (χ0n) is 10.9. The lowest BCUT2D eigenvalue weighted by molar-refractivity contribution is -0.151. The van der Waals surface area contributed by atoms with Gasteiger partial charge < -0.3 is 15.0 Å². The van der Waals surface area contributed by atoms with E-state index < -0.39 is 5.60 Å². The minimum atomic E-state index is -0.714. The van der Waals surface area contributed by atoms with Crippen LogP contribution < -0.4 is 5.32 Å². The van der Waals surface area contributed by atoms with Gasteiger partial charge in [-0.1, -0.05) is 0 Å². The van der Waals surface area contributed by atoms with Crippen LogP contribution in [0.2, 0.25) is 0 Å². The van der Waals surface area contributed by atoms with E-state index in [9.17, 15) is 4.79 Å². The van der Waals surface area contributed by atoms with Crippen molar-refractivity contribution in [1.82, 2.24) is 10.2 Å². The summed E-state index contributed by atoms with van der Waals surface area (Å²) in [6.07, 6.45) is 2.38. The first-order chi connectivity index (χ1) is 7.51. The van der Waals surface area contributed by atoms with Crippen LogP contribution in [0.25, 0.3) is 0 Å². The number of hydrogen-bond acceptors (Lipinski definition) is 3. The number of amides is 1. The van der Waals surface area contributed by atoms with E-state index in [1.807, 2.05) is 25.7 Å². The Balaban J connectivity index is 2.55. The van der Waals surface area contributed by atoms with Crippen LogP contribution in [0, 0.1) is 0 Å². The van der Waals surface area contributed by atoms with Crippen molar-refractivity contribution >= 4 is 5.91 Å². The maximum atomic E-state index is 12.2. The lowest BCUT2D eigenvalue weighted by atomic mass is 10.1. The lowest BCUT2D eigenvalue weighted by Gasteiger charge is -2.31. The van der Waals surface area contributed by atoms with Gasteiger partial charge in [-0.2, -0.15) is 0 Å². The Labute approximate surface area is 98.3 Å². The van der Waals surface area contributed by atoms with Gasteiger partial charge in [-0.05, 0) is 40.2 Å².